The predicted molar refractivity (Wildman–Crippen MR) is 97.4 cm³/mol. The highest BCUT2D eigenvalue weighted by molar-refractivity contribution is 7.88. The van der Waals surface area contributed by atoms with Crippen molar-refractivity contribution in [3.05, 3.63) is 48.0 Å². The molecule has 2 aromatic rings. The highest BCUT2D eigenvalue weighted by Crippen LogP contribution is 2.22. The first kappa shape index (κ1) is 18.4. The smallest absolute Gasteiger partial charge is 0.227 e. The quantitative estimate of drug-likeness (QED) is 0.842. The van der Waals surface area contributed by atoms with Crippen LogP contribution in [0.25, 0.3) is 10.8 Å². The first-order chi connectivity index (χ1) is 11.1. The Morgan fingerprint density at radius 1 is 1.12 bits per heavy atom. The number of hydrogen-bond donors (Lipinski definition) is 2. The van der Waals surface area contributed by atoms with Crippen molar-refractivity contribution in [1.82, 2.24) is 10.0 Å². The molecule has 0 fully saturated rings. The van der Waals surface area contributed by atoms with Gasteiger partial charge in [0.2, 0.25) is 15.9 Å². The Morgan fingerprint density at radius 2 is 1.75 bits per heavy atom. The van der Waals surface area contributed by atoms with E-state index in [0.29, 0.717) is 0 Å². The second kappa shape index (κ2) is 6.91. The molecule has 0 saturated heterocycles. The zero-order valence-corrected chi connectivity index (χ0v) is 15.3. The van der Waals surface area contributed by atoms with Crippen LogP contribution in [0.3, 0.4) is 0 Å². The number of benzene rings is 2. The Labute approximate surface area is 143 Å². The van der Waals surface area contributed by atoms with Gasteiger partial charge in [-0.3, -0.25) is 4.79 Å². The maximum absolute atomic E-state index is 12.4. The van der Waals surface area contributed by atoms with Gasteiger partial charge in [0.25, 0.3) is 0 Å². The number of fused-ring (bicyclic) bond motifs is 1. The average molecular weight is 348 g/mol. The van der Waals surface area contributed by atoms with Crippen LogP contribution in [-0.2, 0) is 14.8 Å². The summed E-state index contributed by atoms with van der Waals surface area (Å²) in [6.07, 6.45) is 1.11. The third-order valence-corrected chi connectivity index (χ3v) is 4.76. The van der Waals surface area contributed by atoms with E-state index in [1.807, 2.05) is 49.4 Å². The fraction of sp³-hybridized carbons (Fsp3) is 0.389. The van der Waals surface area contributed by atoms with Crippen molar-refractivity contribution in [2.75, 3.05) is 12.8 Å². The molecule has 2 aromatic carbocycles. The summed E-state index contributed by atoms with van der Waals surface area (Å²) in [4.78, 5) is 12.4. The number of amides is 1. The molecule has 0 aromatic heterocycles. The van der Waals surface area contributed by atoms with Gasteiger partial charge in [-0.05, 0) is 37.1 Å². The van der Waals surface area contributed by atoms with Crippen LogP contribution < -0.4 is 10.0 Å². The lowest BCUT2D eigenvalue weighted by Gasteiger charge is -2.26. The molecule has 1 atom stereocenters. The predicted octanol–water partition coefficient (Wildman–Crippen LogP) is 2.39. The first-order valence-corrected chi connectivity index (χ1v) is 9.72. The monoisotopic (exact) mass is 348 g/mol. The van der Waals surface area contributed by atoms with Gasteiger partial charge >= 0.3 is 0 Å². The molecule has 0 radical (unpaired) electrons. The molecule has 130 valence electrons. The van der Waals surface area contributed by atoms with Crippen molar-refractivity contribution in [3.63, 3.8) is 0 Å². The van der Waals surface area contributed by atoms with Crippen molar-refractivity contribution < 1.29 is 13.2 Å². The lowest BCUT2D eigenvalue weighted by molar-refractivity contribution is -0.122. The molecule has 0 aliphatic heterocycles. The summed E-state index contributed by atoms with van der Waals surface area (Å²) in [5.74, 6) is -0.447. The van der Waals surface area contributed by atoms with Gasteiger partial charge < -0.3 is 5.32 Å². The molecule has 0 aliphatic rings. The topological polar surface area (TPSA) is 75.3 Å². The summed E-state index contributed by atoms with van der Waals surface area (Å²) in [6.45, 7) is 5.53. The largest absolute Gasteiger partial charge is 0.354 e. The minimum Gasteiger partial charge on any atom is -0.354 e. The minimum atomic E-state index is -3.33. The van der Waals surface area contributed by atoms with Crippen LogP contribution in [0.15, 0.2) is 42.5 Å². The van der Waals surface area contributed by atoms with Crippen molar-refractivity contribution >= 4 is 26.7 Å². The molecule has 1 amide bonds. The molecule has 2 rings (SSSR count). The lowest BCUT2D eigenvalue weighted by atomic mass is 9.96. The Bertz CT molecular complexity index is 844. The van der Waals surface area contributed by atoms with Crippen LogP contribution in [-0.4, -0.2) is 32.7 Å². The number of carbonyl (C=O) groups is 1. The summed E-state index contributed by atoms with van der Waals surface area (Å²) < 4.78 is 25.2. The number of rotatable bonds is 6. The highest BCUT2D eigenvalue weighted by Gasteiger charge is 2.24. The van der Waals surface area contributed by atoms with Gasteiger partial charge in [-0.25, -0.2) is 13.1 Å². The van der Waals surface area contributed by atoms with Crippen LogP contribution in [0.1, 0.15) is 32.3 Å². The van der Waals surface area contributed by atoms with Crippen molar-refractivity contribution in [3.8, 4) is 0 Å². The van der Waals surface area contributed by atoms with E-state index in [0.717, 1.165) is 22.6 Å². The van der Waals surface area contributed by atoms with Gasteiger partial charge in [-0.2, -0.15) is 0 Å². The molecular formula is C18H24N2O3S. The highest BCUT2D eigenvalue weighted by atomic mass is 32.2. The molecular weight excluding hydrogens is 324 g/mol. The molecule has 0 aliphatic carbocycles. The van der Waals surface area contributed by atoms with Crippen molar-refractivity contribution in [2.24, 2.45) is 0 Å². The number of sulfonamides is 1. The zero-order valence-electron chi connectivity index (χ0n) is 14.5. The number of hydrogen-bond acceptors (Lipinski definition) is 3. The van der Waals surface area contributed by atoms with E-state index >= 15 is 0 Å². The maximum Gasteiger partial charge on any atom is 0.227 e. The van der Waals surface area contributed by atoms with Crippen molar-refractivity contribution in [2.45, 2.75) is 32.2 Å². The molecule has 5 nitrogen and oxygen atoms in total. The molecule has 0 unspecified atom stereocenters. The normalized spacial score (nSPS) is 13.7. The van der Waals surface area contributed by atoms with E-state index in [1.54, 1.807) is 13.8 Å². The third-order valence-electron chi connectivity index (χ3n) is 3.83. The summed E-state index contributed by atoms with van der Waals surface area (Å²) in [7, 11) is -3.33. The Morgan fingerprint density at radius 3 is 2.38 bits per heavy atom. The molecule has 0 saturated carbocycles. The standard InChI is InChI=1S/C18H24N2O3S/c1-13(15-10-9-14-7-5-6-8-16(14)11-15)17(21)19-12-18(2,3)20-24(4,22)23/h5-11,13,20H,12H2,1-4H3,(H,19,21)/t13-/m0/s1. The molecule has 0 heterocycles. The lowest BCUT2D eigenvalue weighted by Crippen LogP contribution is -2.51. The van der Waals surface area contributed by atoms with Gasteiger partial charge in [-0.15, -0.1) is 0 Å². The third kappa shape index (κ3) is 5.04. The van der Waals surface area contributed by atoms with Gasteiger partial charge in [0, 0.05) is 12.1 Å². The Kier molecular flexibility index (Phi) is 5.30. The Hall–Kier alpha value is -1.92. The second-order valence-electron chi connectivity index (χ2n) is 6.80. The number of nitrogens with one attached hydrogen (secondary N) is 2. The summed E-state index contributed by atoms with van der Waals surface area (Å²) in [6, 6.07) is 14.0. The van der Waals surface area contributed by atoms with Crippen LogP contribution in [0.5, 0.6) is 0 Å². The van der Waals surface area contributed by atoms with E-state index in [9.17, 15) is 13.2 Å². The summed E-state index contributed by atoms with van der Waals surface area (Å²) in [5.41, 5.74) is 0.187. The second-order valence-corrected chi connectivity index (χ2v) is 8.55. The van der Waals surface area contributed by atoms with Gasteiger partial charge in [0.1, 0.15) is 0 Å². The maximum atomic E-state index is 12.4. The average Bonchev–Trinajstić information content (AvgIpc) is 2.49. The van der Waals surface area contributed by atoms with Crippen LogP contribution >= 0.6 is 0 Å². The molecule has 0 spiro atoms. The van der Waals surface area contributed by atoms with E-state index in [1.165, 1.54) is 0 Å². The molecule has 24 heavy (non-hydrogen) atoms. The van der Waals surface area contributed by atoms with Gasteiger partial charge in [0.05, 0.1) is 12.2 Å². The number of carbonyl (C=O) groups excluding carboxylic acids is 1. The Balaban J connectivity index is 2.05. The van der Waals surface area contributed by atoms with E-state index < -0.39 is 15.6 Å². The van der Waals surface area contributed by atoms with Crippen LogP contribution in [0, 0.1) is 0 Å². The van der Waals surface area contributed by atoms with Crippen LogP contribution in [0.4, 0.5) is 0 Å². The van der Waals surface area contributed by atoms with E-state index in [-0.39, 0.29) is 18.4 Å². The first-order valence-electron chi connectivity index (χ1n) is 7.83. The molecule has 0 bridgehead atoms. The SMILES string of the molecule is C[C@H](C(=O)NCC(C)(C)NS(C)(=O)=O)c1ccc2ccccc2c1. The summed E-state index contributed by atoms with van der Waals surface area (Å²) in [5, 5.41) is 5.05. The van der Waals surface area contributed by atoms with Gasteiger partial charge in [0.15, 0.2) is 0 Å². The zero-order chi connectivity index (χ0) is 18.0. The minimum absolute atomic E-state index is 0.131. The molecule has 2 N–H and O–H groups in total. The van der Waals surface area contributed by atoms with E-state index in [4.69, 9.17) is 0 Å². The molecule has 6 heteroatoms. The fourth-order valence-electron chi connectivity index (χ4n) is 2.63. The van der Waals surface area contributed by atoms with E-state index in [2.05, 4.69) is 10.0 Å². The van der Waals surface area contributed by atoms with Gasteiger partial charge in [-0.1, -0.05) is 42.5 Å². The van der Waals surface area contributed by atoms with Crippen molar-refractivity contribution in [1.29, 1.82) is 0 Å². The fourth-order valence-corrected chi connectivity index (χ4v) is 3.70. The summed E-state index contributed by atoms with van der Waals surface area (Å²) >= 11 is 0. The van der Waals surface area contributed by atoms with Crippen LogP contribution in [0.2, 0.25) is 0 Å².